The quantitative estimate of drug-likeness (QED) is 0.883. The van der Waals surface area contributed by atoms with Crippen molar-refractivity contribution in [1.82, 2.24) is 0 Å². The minimum atomic E-state index is -4.34. The van der Waals surface area contributed by atoms with E-state index in [1.807, 2.05) is 24.3 Å². The second kappa shape index (κ2) is 7.17. The van der Waals surface area contributed by atoms with Gasteiger partial charge in [0.05, 0.1) is 5.56 Å². The Morgan fingerprint density at radius 3 is 2.52 bits per heavy atom. The van der Waals surface area contributed by atoms with Gasteiger partial charge in [0.1, 0.15) is 0 Å². The van der Waals surface area contributed by atoms with Crippen LogP contribution in [0.4, 0.5) is 24.5 Å². The number of hydrogen-bond acceptors (Lipinski definition) is 2. The molecule has 0 fully saturated rings. The van der Waals surface area contributed by atoms with E-state index in [1.54, 1.807) is 4.90 Å². The highest BCUT2D eigenvalue weighted by molar-refractivity contribution is 5.94. The van der Waals surface area contributed by atoms with Gasteiger partial charge in [0, 0.05) is 30.9 Å². The highest BCUT2D eigenvalue weighted by Crippen LogP contribution is 2.30. The van der Waals surface area contributed by atoms with Crippen LogP contribution in [0.15, 0.2) is 48.5 Å². The fourth-order valence-corrected chi connectivity index (χ4v) is 3.02. The molecule has 1 aliphatic heterocycles. The van der Waals surface area contributed by atoms with Crippen LogP contribution in [0.3, 0.4) is 0 Å². The number of carbonyl (C=O) groups is 1. The molecular formula is C19H19F3N2O. The van der Waals surface area contributed by atoms with E-state index in [4.69, 9.17) is 0 Å². The molecule has 0 spiro atoms. The smallest absolute Gasteiger partial charge is 0.385 e. The van der Waals surface area contributed by atoms with Gasteiger partial charge in [0.2, 0.25) is 5.91 Å². The molecule has 132 valence electrons. The summed E-state index contributed by atoms with van der Waals surface area (Å²) in [5.74, 6) is 0.0200. The van der Waals surface area contributed by atoms with Crippen LogP contribution in [-0.4, -0.2) is 19.0 Å². The van der Waals surface area contributed by atoms with Gasteiger partial charge < -0.3 is 10.2 Å². The Bertz CT molecular complexity index is 741. The molecule has 1 aliphatic rings. The fraction of sp³-hybridized carbons (Fsp3) is 0.316. The molecule has 25 heavy (non-hydrogen) atoms. The predicted molar refractivity (Wildman–Crippen MR) is 91.7 cm³/mol. The summed E-state index contributed by atoms with van der Waals surface area (Å²) >= 11 is 0. The van der Waals surface area contributed by atoms with Crippen LogP contribution in [0, 0.1) is 0 Å². The molecule has 0 radical (unpaired) electrons. The second-order valence-corrected chi connectivity index (χ2v) is 6.03. The molecule has 1 N–H and O–H groups in total. The maximum Gasteiger partial charge on any atom is 0.416 e. The summed E-state index contributed by atoms with van der Waals surface area (Å²) in [6.07, 6.45) is -2.13. The largest absolute Gasteiger partial charge is 0.416 e. The van der Waals surface area contributed by atoms with Gasteiger partial charge in [-0.1, -0.05) is 18.2 Å². The number of anilines is 2. The number of alkyl halides is 3. The van der Waals surface area contributed by atoms with Crippen molar-refractivity contribution < 1.29 is 18.0 Å². The molecule has 3 nitrogen and oxygen atoms in total. The van der Waals surface area contributed by atoms with Gasteiger partial charge in [-0.05, 0) is 48.7 Å². The Kier molecular flexibility index (Phi) is 4.97. The zero-order valence-electron chi connectivity index (χ0n) is 13.6. The van der Waals surface area contributed by atoms with Crippen LogP contribution < -0.4 is 10.2 Å². The van der Waals surface area contributed by atoms with Crippen molar-refractivity contribution in [3.05, 3.63) is 59.7 Å². The van der Waals surface area contributed by atoms with Crippen LogP contribution >= 0.6 is 0 Å². The maximum atomic E-state index is 12.5. The van der Waals surface area contributed by atoms with E-state index in [-0.39, 0.29) is 12.3 Å². The van der Waals surface area contributed by atoms with E-state index in [1.165, 1.54) is 17.7 Å². The Morgan fingerprint density at radius 1 is 1.08 bits per heavy atom. The van der Waals surface area contributed by atoms with Crippen molar-refractivity contribution in [3.63, 3.8) is 0 Å². The van der Waals surface area contributed by atoms with E-state index in [0.717, 1.165) is 30.7 Å². The Balaban J connectivity index is 1.55. The SMILES string of the molecule is O=C(CCNc1ccc(C(F)(F)F)cc1)N1CCCc2ccccc21. The molecule has 2 aromatic rings. The van der Waals surface area contributed by atoms with Crippen LogP contribution in [0.2, 0.25) is 0 Å². The van der Waals surface area contributed by atoms with E-state index in [2.05, 4.69) is 5.32 Å². The lowest BCUT2D eigenvalue weighted by Crippen LogP contribution is -2.36. The van der Waals surface area contributed by atoms with Gasteiger partial charge in [-0.15, -0.1) is 0 Å². The summed E-state index contributed by atoms with van der Waals surface area (Å²) in [6, 6.07) is 12.7. The highest BCUT2D eigenvalue weighted by Gasteiger charge is 2.30. The zero-order valence-corrected chi connectivity index (χ0v) is 13.6. The van der Waals surface area contributed by atoms with Crippen molar-refractivity contribution in [2.45, 2.75) is 25.4 Å². The lowest BCUT2D eigenvalue weighted by Gasteiger charge is -2.29. The second-order valence-electron chi connectivity index (χ2n) is 6.03. The predicted octanol–water partition coefficient (Wildman–Crippen LogP) is 4.49. The number of amides is 1. The Labute approximate surface area is 144 Å². The fourth-order valence-electron chi connectivity index (χ4n) is 3.02. The van der Waals surface area contributed by atoms with E-state index in [9.17, 15) is 18.0 Å². The molecule has 0 bridgehead atoms. The zero-order chi connectivity index (χ0) is 17.9. The van der Waals surface area contributed by atoms with Crippen molar-refractivity contribution in [3.8, 4) is 0 Å². The summed E-state index contributed by atoms with van der Waals surface area (Å²) in [6.45, 7) is 1.08. The van der Waals surface area contributed by atoms with Crippen LogP contribution in [-0.2, 0) is 17.4 Å². The number of rotatable bonds is 4. The lowest BCUT2D eigenvalue weighted by molar-refractivity contribution is -0.137. The van der Waals surface area contributed by atoms with Gasteiger partial charge in [-0.2, -0.15) is 13.2 Å². The van der Waals surface area contributed by atoms with Gasteiger partial charge in [-0.3, -0.25) is 4.79 Å². The van der Waals surface area contributed by atoms with Crippen molar-refractivity contribution in [2.75, 3.05) is 23.3 Å². The molecule has 0 atom stereocenters. The molecule has 0 aromatic heterocycles. The normalized spacial score (nSPS) is 14.1. The third-order valence-corrected chi connectivity index (χ3v) is 4.29. The molecule has 0 saturated carbocycles. The number of fused-ring (bicyclic) bond motifs is 1. The monoisotopic (exact) mass is 348 g/mol. The summed E-state index contributed by atoms with van der Waals surface area (Å²) in [7, 11) is 0. The Hall–Kier alpha value is -2.50. The van der Waals surface area contributed by atoms with Crippen LogP contribution in [0.1, 0.15) is 24.0 Å². The third-order valence-electron chi connectivity index (χ3n) is 4.29. The first-order chi connectivity index (χ1) is 11.9. The van der Waals surface area contributed by atoms with Gasteiger partial charge >= 0.3 is 6.18 Å². The van der Waals surface area contributed by atoms with Crippen molar-refractivity contribution in [2.24, 2.45) is 0 Å². The summed E-state index contributed by atoms with van der Waals surface area (Å²) < 4.78 is 37.6. The average molecular weight is 348 g/mol. The third kappa shape index (κ3) is 4.13. The minimum absolute atomic E-state index is 0.0200. The van der Waals surface area contributed by atoms with Crippen molar-refractivity contribution >= 4 is 17.3 Å². The Morgan fingerprint density at radius 2 is 1.80 bits per heavy atom. The molecule has 0 saturated heterocycles. The molecule has 3 rings (SSSR count). The molecular weight excluding hydrogens is 329 g/mol. The summed E-state index contributed by atoms with van der Waals surface area (Å²) in [5.41, 5.74) is 2.03. The number of benzene rings is 2. The average Bonchev–Trinajstić information content (AvgIpc) is 2.61. The minimum Gasteiger partial charge on any atom is -0.385 e. The molecule has 1 amide bonds. The molecule has 6 heteroatoms. The van der Waals surface area contributed by atoms with E-state index < -0.39 is 11.7 Å². The summed E-state index contributed by atoms with van der Waals surface area (Å²) in [4.78, 5) is 14.3. The number of halogens is 3. The highest BCUT2D eigenvalue weighted by atomic mass is 19.4. The van der Waals surface area contributed by atoms with E-state index >= 15 is 0 Å². The van der Waals surface area contributed by atoms with Gasteiger partial charge in [0.25, 0.3) is 0 Å². The van der Waals surface area contributed by atoms with E-state index in [0.29, 0.717) is 18.8 Å². The number of aryl methyl sites for hydroxylation is 1. The number of hydrogen-bond donors (Lipinski definition) is 1. The number of carbonyl (C=O) groups excluding carboxylic acids is 1. The summed E-state index contributed by atoms with van der Waals surface area (Å²) in [5, 5.41) is 3.00. The molecule has 0 aliphatic carbocycles. The first-order valence-corrected chi connectivity index (χ1v) is 8.24. The number of nitrogens with zero attached hydrogens (tertiary/aromatic N) is 1. The topological polar surface area (TPSA) is 32.3 Å². The van der Waals surface area contributed by atoms with Gasteiger partial charge in [0.15, 0.2) is 0 Å². The molecule has 1 heterocycles. The van der Waals surface area contributed by atoms with Crippen LogP contribution in [0.5, 0.6) is 0 Å². The lowest BCUT2D eigenvalue weighted by atomic mass is 10.0. The molecule has 0 unspecified atom stereocenters. The first-order valence-electron chi connectivity index (χ1n) is 8.24. The number of para-hydroxylation sites is 1. The maximum absolute atomic E-state index is 12.5. The van der Waals surface area contributed by atoms with Gasteiger partial charge in [-0.25, -0.2) is 0 Å². The first kappa shape index (κ1) is 17.3. The van der Waals surface area contributed by atoms with Crippen LogP contribution in [0.25, 0.3) is 0 Å². The molecule has 2 aromatic carbocycles. The van der Waals surface area contributed by atoms with Crippen molar-refractivity contribution in [1.29, 1.82) is 0 Å². The number of nitrogens with one attached hydrogen (secondary N) is 1. The standard InChI is InChI=1S/C19H19F3N2O/c20-19(21,22)15-7-9-16(10-8-15)23-12-11-18(25)24-13-3-5-14-4-1-2-6-17(14)24/h1-2,4,6-10,23H,3,5,11-13H2.